The number of anilines is 1. The molecule has 19 heteroatoms. The molecule has 0 radical (unpaired) electrons. The van der Waals surface area contributed by atoms with Crippen LogP contribution in [0.25, 0.3) is 44.1 Å². The van der Waals surface area contributed by atoms with Crippen LogP contribution in [0.4, 0.5) is 5.95 Å². The number of aromatic nitrogens is 12. The van der Waals surface area contributed by atoms with Gasteiger partial charge in [0.25, 0.3) is 11.1 Å². The normalized spacial score (nSPS) is 17.2. The van der Waals surface area contributed by atoms with Gasteiger partial charge in [-0.3, -0.25) is 37.7 Å². The molecule has 1 unspecified atom stereocenters. The van der Waals surface area contributed by atoms with Crippen molar-refractivity contribution in [2.75, 3.05) is 24.7 Å². The fourth-order valence-corrected chi connectivity index (χ4v) is 10.5. The lowest BCUT2D eigenvalue weighted by Crippen LogP contribution is -2.50. The number of imidazole rings is 2. The third-order valence-corrected chi connectivity index (χ3v) is 14.1. The van der Waals surface area contributed by atoms with Gasteiger partial charge in [-0.15, -0.1) is 11.8 Å². The van der Waals surface area contributed by atoms with Crippen molar-refractivity contribution in [1.29, 1.82) is 0 Å². The molecule has 0 spiro atoms. The average molecular weight is 956 g/mol. The van der Waals surface area contributed by atoms with Gasteiger partial charge in [0, 0.05) is 74.0 Å². The maximum absolute atomic E-state index is 14.4. The van der Waals surface area contributed by atoms with E-state index in [-0.39, 0.29) is 44.2 Å². The lowest BCUT2D eigenvalue weighted by atomic mass is 9.85. The van der Waals surface area contributed by atoms with Crippen molar-refractivity contribution in [1.82, 2.24) is 67.9 Å². The van der Waals surface area contributed by atoms with E-state index in [1.54, 1.807) is 27.9 Å². The Balaban J connectivity index is 0.858. The number of hydrogen-bond acceptors (Lipinski definition) is 13. The van der Waals surface area contributed by atoms with E-state index < -0.39 is 22.5 Å². The SMILES string of the molecule is CC#CCn1c(C2CCC[C@@H](NCN[C@@H]3CCCN(c4nc5c(c(=O)n(Cc6nc(C)c7ccccc7n6)c(=O)n5C)n4CC#CC)C3)C2)nc2c1c(=O)n(Cc1nc(C)c3ccccc3n1)c(=O)n2C. The second-order valence-electron chi connectivity index (χ2n) is 18.6. The van der Waals surface area contributed by atoms with Crippen molar-refractivity contribution >= 4 is 50.1 Å². The number of aryl methyl sites for hydroxylation is 4. The smallest absolute Gasteiger partial charge is 0.332 e. The van der Waals surface area contributed by atoms with Crippen molar-refractivity contribution in [3.63, 3.8) is 0 Å². The van der Waals surface area contributed by atoms with E-state index in [2.05, 4.69) is 54.2 Å². The molecular formula is C52H57N15O4. The lowest BCUT2D eigenvalue weighted by molar-refractivity contribution is 0.309. The first kappa shape index (κ1) is 47.0. The number of nitrogens with one attached hydrogen (secondary N) is 2. The summed E-state index contributed by atoms with van der Waals surface area (Å²) in [4.78, 5) is 87.3. The first-order valence-corrected chi connectivity index (χ1v) is 24.3. The van der Waals surface area contributed by atoms with Crippen LogP contribution in [0, 0.1) is 37.5 Å². The van der Waals surface area contributed by atoms with Gasteiger partial charge in [-0.25, -0.2) is 34.5 Å². The highest BCUT2D eigenvalue weighted by Crippen LogP contribution is 2.34. The minimum Gasteiger partial charge on any atom is -0.341 e. The predicted molar refractivity (Wildman–Crippen MR) is 273 cm³/mol. The topological polar surface area (TPSA) is 202 Å². The van der Waals surface area contributed by atoms with Crippen LogP contribution in [0.15, 0.2) is 67.7 Å². The van der Waals surface area contributed by atoms with E-state index in [4.69, 9.17) is 15.0 Å². The molecule has 1 aliphatic heterocycles. The molecule has 7 heterocycles. The van der Waals surface area contributed by atoms with E-state index in [0.29, 0.717) is 53.1 Å². The Morgan fingerprint density at radius 3 is 1.76 bits per heavy atom. The molecule has 1 saturated heterocycles. The van der Waals surface area contributed by atoms with Gasteiger partial charge in [-0.05, 0) is 71.9 Å². The zero-order chi connectivity index (χ0) is 49.5. The molecule has 1 saturated carbocycles. The van der Waals surface area contributed by atoms with Crippen molar-refractivity contribution in [2.24, 2.45) is 14.1 Å². The second kappa shape index (κ2) is 19.6. The highest BCUT2D eigenvalue weighted by molar-refractivity contribution is 5.81. The molecule has 2 fully saturated rings. The first-order valence-electron chi connectivity index (χ1n) is 24.3. The van der Waals surface area contributed by atoms with Crippen LogP contribution in [-0.4, -0.2) is 89.1 Å². The summed E-state index contributed by atoms with van der Waals surface area (Å²) in [6.07, 6.45) is 5.45. The van der Waals surface area contributed by atoms with E-state index in [1.807, 2.05) is 71.5 Å². The van der Waals surface area contributed by atoms with Gasteiger partial charge >= 0.3 is 11.4 Å². The number of hydrogen-bond donors (Lipinski definition) is 2. The molecule has 364 valence electrons. The fraction of sp³-hybridized carbons (Fsp3) is 0.423. The molecule has 2 aliphatic rings. The zero-order valence-electron chi connectivity index (χ0n) is 41.0. The van der Waals surface area contributed by atoms with E-state index in [1.165, 1.54) is 18.3 Å². The molecule has 0 bridgehead atoms. The van der Waals surface area contributed by atoms with E-state index in [9.17, 15) is 19.2 Å². The highest BCUT2D eigenvalue weighted by atomic mass is 16.2. The molecule has 10 rings (SSSR count). The van der Waals surface area contributed by atoms with Crippen LogP contribution in [0.3, 0.4) is 0 Å². The Bertz CT molecular complexity index is 3530. The van der Waals surface area contributed by atoms with E-state index >= 15 is 0 Å². The Labute approximate surface area is 408 Å². The molecule has 2 N–H and O–H groups in total. The molecular weight excluding hydrogens is 899 g/mol. The second-order valence-corrected chi connectivity index (χ2v) is 18.6. The van der Waals surface area contributed by atoms with Crippen LogP contribution < -0.4 is 38.0 Å². The summed E-state index contributed by atoms with van der Waals surface area (Å²) in [7, 11) is 3.29. The van der Waals surface area contributed by atoms with Gasteiger partial charge in [-0.1, -0.05) is 54.7 Å². The van der Waals surface area contributed by atoms with Gasteiger partial charge in [0.05, 0.1) is 37.2 Å². The van der Waals surface area contributed by atoms with Crippen LogP contribution >= 0.6 is 0 Å². The maximum atomic E-state index is 14.4. The summed E-state index contributed by atoms with van der Waals surface area (Å²) < 4.78 is 9.02. The zero-order valence-corrected chi connectivity index (χ0v) is 41.0. The van der Waals surface area contributed by atoms with Crippen molar-refractivity contribution in [2.45, 2.75) is 110 Å². The van der Waals surface area contributed by atoms with Crippen LogP contribution in [-0.2, 0) is 40.3 Å². The number of piperidine rings is 1. The molecule has 19 nitrogen and oxygen atoms in total. The number of fused-ring (bicyclic) bond motifs is 4. The number of benzene rings is 2. The molecule has 2 aromatic carbocycles. The van der Waals surface area contributed by atoms with Crippen molar-refractivity contribution in [3.8, 4) is 23.7 Å². The largest absolute Gasteiger partial charge is 0.341 e. The van der Waals surface area contributed by atoms with E-state index in [0.717, 1.165) is 84.1 Å². The Morgan fingerprint density at radius 2 is 1.15 bits per heavy atom. The summed E-state index contributed by atoms with van der Waals surface area (Å²) in [5.74, 6) is 14.4. The first-order chi connectivity index (χ1) is 34.4. The number of nitrogens with zero attached hydrogens (tertiary/aromatic N) is 13. The minimum atomic E-state index is -0.497. The maximum Gasteiger partial charge on any atom is 0.332 e. The third kappa shape index (κ3) is 8.80. The Hall–Kier alpha value is -7.74. The average Bonchev–Trinajstić information content (AvgIpc) is 3.96. The van der Waals surface area contributed by atoms with Gasteiger partial charge in [0.1, 0.15) is 17.5 Å². The molecule has 3 atom stereocenters. The molecule has 71 heavy (non-hydrogen) atoms. The fourth-order valence-electron chi connectivity index (χ4n) is 10.5. The summed E-state index contributed by atoms with van der Waals surface area (Å²) >= 11 is 0. The van der Waals surface area contributed by atoms with Gasteiger partial charge in [-0.2, -0.15) is 4.98 Å². The molecule has 8 aromatic rings. The van der Waals surface area contributed by atoms with Crippen LogP contribution in [0.1, 0.15) is 87.2 Å². The molecule has 6 aromatic heterocycles. The van der Waals surface area contributed by atoms with Crippen molar-refractivity contribution in [3.05, 3.63) is 119 Å². The molecule has 0 amide bonds. The number of para-hydroxylation sites is 2. The summed E-state index contributed by atoms with van der Waals surface area (Å²) in [5.41, 5.74) is 2.45. The monoisotopic (exact) mass is 955 g/mol. The van der Waals surface area contributed by atoms with Crippen LogP contribution in [0.5, 0.6) is 0 Å². The highest BCUT2D eigenvalue weighted by Gasteiger charge is 2.31. The Kier molecular flexibility index (Phi) is 12.9. The lowest BCUT2D eigenvalue weighted by Gasteiger charge is -2.35. The summed E-state index contributed by atoms with van der Waals surface area (Å²) in [5, 5.41) is 9.34. The predicted octanol–water partition coefficient (Wildman–Crippen LogP) is 3.59. The van der Waals surface area contributed by atoms with Gasteiger partial charge < -0.3 is 14.8 Å². The summed E-state index contributed by atoms with van der Waals surface area (Å²) in [6, 6.07) is 15.6. The minimum absolute atomic E-state index is 0.0240. The van der Waals surface area contributed by atoms with Gasteiger partial charge in [0.15, 0.2) is 22.3 Å². The quantitative estimate of drug-likeness (QED) is 0.133. The third-order valence-electron chi connectivity index (χ3n) is 14.1. The van der Waals surface area contributed by atoms with Crippen LogP contribution in [0.2, 0.25) is 0 Å². The summed E-state index contributed by atoms with van der Waals surface area (Å²) in [6.45, 7) is 9.58. The van der Waals surface area contributed by atoms with Crippen molar-refractivity contribution < 1.29 is 0 Å². The number of rotatable bonds is 12. The van der Waals surface area contributed by atoms with Gasteiger partial charge in [0.2, 0.25) is 5.95 Å². The molecule has 1 aliphatic carbocycles. The Morgan fingerprint density at radius 1 is 0.620 bits per heavy atom. The standard InChI is InChI=1S/C52H57N15O4/c1-7-9-25-64-43-46(61(5)51(70)66(48(43)68)29-41-55-32(3)37-20-11-13-22-39(37)57-41)59-45(64)34-17-15-18-35(27-34)53-31-54-36-19-16-24-63(28-36)50-60-47-44(65(50)26-10-8-2)49(69)67(52(71)62(47)6)30-42-56-33(4)38-21-12-14-23-40(38)58-42/h11-14,20-23,34-36,53-54H,15-19,24-31H2,1-6H3/t34?,35-,36-/m1/s1.